The van der Waals surface area contributed by atoms with Crippen molar-refractivity contribution < 1.29 is 9.53 Å². The van der Waals surface area contributed by atoms with E-state index in [0.29, 0.717) is 16.3 Å². The molecule has 2 rings (SSSR count). The summed E-state index contributed by atoms with van der Waals surface area (Å²) in [6, 6.07) is 14.0. The molecule has 0 unspecified atom stereocenters. The summed E-state index contributed by atoms with van der Waals surface area (Å²) in [6.07, 6.45) is 1.99. The average Bonchev–Trinajstić information content (AvgIpc) is 2.40. The van der Waals surface area contributed by atoms with Crippen LogP contribution < -0.4 is 4.74 Å². The lowest BCUT2D eigenvalue weighted by molar-refractivity contribution is 0.0734. The zero-order chi connectivity index (χ0) is 13.0. The molecule has 0 aliphatic heterocycles. The Morgan fingerprint density at radius 2 is 1.67 bits per heavy atom. The highest BCUT2D eigenvalue weighted by molar-refractivity contribution is 7.98. The first-order valence-electron chi connectivity index (χ1n) is 5.31. The number of halogens is 1. The summed E-state index contributed by atoms with van der Waals surface area (Å²) >= 11 is 7.39. The van der Waals surface area contributed by atoms with Gasteiger partial charge in [-0.05, 0) is 54.8 Å². The minimum absolute atomic E-state index is 0.386. The molecule has 0 saturated carbocycles. The van der Waals surface area contributed by atoms with Crippen molar-refractivity contribution in [1.82, 2.24) is 0 Å². The predicted octanol–water partition coefficient (Wildman–Crippen LogP) is 4.28. The Labute approximate surface area is 115 Å². The molecule has 0 bridgehead atoms. The first-order chi connectivity index (χ1) is 8.69. The van der Waals surface area contributed by atoms with E-state index in [2.05, 4.69) is 0 Å². The molecule has 0 N–H and O–H groups in total. The Morgan fingerprint density at radius 3 is 2.22 bits per heavy atom. The van der Waals surface area contributed by atoms with Crippen molar-refractivity contribution >= 4 is 29.3 Å². The van der Waals surface area contributed by atoms with E-state index in [1.54, 1.807) is 48.2 Å². The second-order valence-corrected chi connectivity index (χ2v) is 4.89. The van der Waals surface area contributed by atoms with E-state index in [0.717, 1.165) is 4.90 Å². The fraction of sp³-hybridized carbons (Fsp3) is 0.0714. The molecule has 0 amide bonds. The van der Waals surface area contributed by atoms with Crippen molar-refractivity contribution in [3.63, 3.8) is 0 Å². The van der Waals surface area contributed by atoms with E-state index in [-0.39, 0.29) is 5.97 Å². The zero-order valence-electron chi connectivity index (χ0n) is 9.72. The van der Waals surface area contributed by atoms with Crippen LogP contribution in [0.4, 0.5) is 0 Å². The second-order valence-electron chi connectivity index (χ2n) is 3.57. The van der Waals surface area contributed by atoms with Gasteiger partial charge in [-0.25, -0.2) is 4.79 Å². The van der Waals surface area contributed by atoms with E-state index in [1.165, 1.54) is 0 Å². The molecule has 92 valence electrons. The van der Waals surface area contributed by atoms with Gasteiger partial charge >= 0.3 is 5.97 Å². The third-order valence-corrected chi connectivity index (χ3v) is 3.35. The smallest absolute Gasteiger partial charge is 0.343 e. The van der Waals surface area contributed by atoms with E-state index in [1.807, 2.05) is 18.4 Å². The Hall–Kier alpha value is -1.45. The summed E-state index contributed by atoms with van der Waals surface area (Å²) in [5.74, 6) is 0.149. The summed E-state index contributed by atoms with van der Waals surface area (Å²) in [7, 11) is 0. The van der Waals surface area contributed by atoms with Crippen LogP contribution in [0.15, 0.2) is 53.4 Å². The summed E-state index contributed by atoms with van der Waals surface area (Å²) in [5, 5.41) is 0.593. The molecular formula is C14H11ClO2S. The SMILES string of the molecule is CSc1ccc(OC(=O)c2ccc(Cl)cc2)cc1. The molecule has 4 heteroatoms. The number of hydrogen-bond donors (Lipinski definition) is 0. The highest BCUT2D eigenvalue weighted by Gasteiger charge is 2.08. The maximum Gasteiger partial charge on any atom is 0.343 e. The standard InChI is InChI=1S/C14H11ClO2S/c1-18-13-8-6-12(7-9-13)17-14(16)10-2-4-11(15)5-3-10/h2-9H,1H3. The van der Waals surface area contributed by atoms with Gasteiger partial charge < -0.3 is 4.74 Å². The van der Waals surface area contributed by atoms with Crippen LogP contribution in [-0.2, 0) is 0 Å². The summed E-state index contributed by atoms with van der Waals surface area (Å²) in [4.78, 5) is 12.9. The van der Waals surface area contributed by atoms with Crippen LogP contribution in [-0.4, -0.2) is 12.2 Å². The topological polar surface area (TPSA) is 26.3 Å². The number of carbonyl (C=O) groups is 1. The Balaban J connectivity index is 2.08. The van der Waals surface area contributed by atoms with Gasteiger partial charge in [-0.2, -0.15) is 0 Å². The van der Waals surface area contributed by atoms with Crippen LogP contribution in [0.1, 0.15) is 10.4 Å². The molecule has 2 aromatic carbocycles. The van der Waals surface area contributed by atoms with Gasteiger partial charge in [0, 0.05) is 9.92 Å². The molecule has 0 fully saturated rings. The quantitative estimate of drug-likeness (QED) is 0.476. The first-order valence-corrected chi connectivity index (χ1v) is 6.91. The monoisotopic (exact) mass is 278 g/mol. The van der Waals surface area contributed by atoms with Crippen molar-refractivity contribution in [2.75, 3.05) is 6.26 Å². The number of thioether (sulfide) groups is 1. The Kier molecular flexibility index (Phi) is 4.28. The van der Waals surface area contributed by atoms with Crippen LogP contribution in [0, 0.1) is 0 Å². The molecule has 0 radical (unpaired) electrons. The van der Waals surface area contributed by atoms with Gasteiger partial charge in [-0.3, -0.25) is 0 Å². The van der Waals surface area contributed by atoms with Crippen LogP contribution >= 0.6 is 23.4 Å². The Bertz CT molecular complexity index is 535. The fourth-order valence-electron chi connectivity index (χ4n) is 1.40. The lowest BCUT2D eigenvalue weighted by Gasteiger charge is -2.05. The van der Waals surface area contributed by atoms with Crippen molar-refractivity contribution in [3.8, 4) is 5.75 Å². The second kappa shape index (κ2) is 5.94. The molecule has 0 saturated heterocycles. The minimum Gasteiger partial charge on any atom is -0.423 e. The van der Waals surface area contributed by atoms with Gasteiger partial charge in [-0.15, -0.1) is 11.8 Å². The number of benzene rings is 2. The molecule has 0 aliphatic carbocycles. The molecule has 0 aliphatic rings. The highest BCUT2D eigenvalue weighted by atomic mass is 35.5. The molecule has 18 heavy (non-hydrogen) atoms. The molecule has 2 nitrogen and oxygen atoms in total. The van der Waals surface area contributed by atoms with Gasteiger partial charge in [-0.1, -0.05) is 11.6 Å². The van der Waals surface area contributed by atoms with Crippen molar-refractivity contribution in [2.45, 2.75) is 4.90 Å². The largest absolute Gasteiger partial charge is 0.423 e. The number of carbonyl (C=O) groups excluding carboxylic acids is 1. The third-order valence-electron chi connectivity index (χ3n) is 2.35. The number of hydrogen-bond acceptors (Lipinski definition) is 3. The predicted molar refractivity (Wildman–Crippen MR) is 74.6 cm³/mol. The van der Waals surface area contributed by atoms with Gasteiger partial charge in [0.2, 0.25) is 0 Å². The molecule has 2 aromatic rings. The van der Waals surface area contributed by atoms with Gasteiger partial charge in [0.15, 0.2) is 0 Å². The summed E-state index contributed by atoms with van der Waals surface area (Å²) in [6.45, 7) is 0. The molecule has 0 aromatic heterocycles. The van der Waals surface area contributed by atoms with Crippen molar-refractivity contribution in [2.24, 2.45) is 0 Å². The van der Waals surface area contributed by atoms with Crippen LogP contribution in [0.25, 0.3) is 0 Å². The maximum atomic E-state index is 11.8. The minimum atomic E-state index is -0.386. The summed E-state index contributed by atoms with van der Waals surface area (Å²) in [5.41, 5.74) is 0.480. The molecular weight excluding hydrogens is 268 g/mol. The maximum absolute atomic E-state index is 11.8. The van der Waals surface area contributed by atoms with Crippen molar-refractivity contribution in [3.05, 3.63) is 59.1 Å². The molecule has 0 heterocycles. The van der Waals surface area contributed by atoms with Crippen LogP contribution in [0.5, 0.6) is 5.75 Å². The average molecular weight is 279 g/mol. The number of ether oxygens (including phenoxy) is 1. The van der Waals surface area contributed by atoms with E-state index >= 15 is 0 Å². The van der Waals surface area contributed by atoms with Crippen molar-refractivity contribution in [1.29, 1.82) is 0 Å². The van der Waals surface area contributed by atoms with E-state index in [4.69, 9.17) is 16.3 Å². The third kappa shape index (κ3) is 3.28. The molecule has 0 atom stereocenters. The van der Waals surface area contributed by atoms with Gasteiger partial charge in [0.05, 0.1) is 5.56 Å². The normalized spacial score (nSPS) is 10.1. The van der Waals surface area contributed by atoms with E-state index in [9.17, 15) is 4.79 Å². The fourth-order valence-corrected chi connectivity index (χ4v) is 1.93. The highest BCUT2D eigenvalue weighted by Crippen LogP contribution is 2.20. The van der Waals surface area contributed by atoms with Gasteiger partial charge in [0.1, 0.15) is 5.75 Å². The Morgan fingerprint density at radius 1 is 1.06 bits per heavy atom. The number of rotatable bonds is 3. The van der Waals surface area contributed by atoms with Gasteiger partial charge in [0.25, 0.3) is 0 Å². The molecule has 0 spiro atoms. The van der Waals surface area contributed by atoms with Crippen LogP contribution in [0.2, 0.25) is 5.02 Å². The van der Waals surface area contributed by atoms with E-state index < -0.39 is 0 Å². The summed E-state index contributed by atoms with van der Waals surface area (Å²) < 4.78 is 5.25. The van der Waals surface area contributed by atoms with Crippen LogP contribution in [0.3, 0.4) is 0 Å². The zero-order valence-corrected chi connectivity index (χ0v) is 11.3. The lowest BCUT2D eigenvalue weighted by Crippen LogP contribution is -2.07. The number of esters is 1. The lowest BCUT2D eigenvalue weighted by atomic mass is 10.2. The first kappa shape index (κ1) is 13.0.